The van der Waals surface area contributed by atoms with Gasteiger partial charge in [0.2, 0.25) is 0 Å². The fraction of sp³-hybridized carbons (Fsp3) is 0.800. The fourth-order valence-corrected chi connectivity index (χ4v) is 0.416. The quantitative estimate of drug-likeness (QED) is 0.258. The molecule has 10 heavy (non-hydrogen) atoms. The predicted octanol–water partition coefficient (Wildman–Crippen LogP) is -2.74. The molecule has 0 unspecified atom stereocenters. The molecule has 0 aromatic rings. The van der Waals surface area contributed by atoms with Gasteiger partial charge in [0.1, 0.15) is 18.3 Å². The van der Waals surface area contributed by atoms with Gasteiger partial charge in [-0.15, -0.1) is 0 Å². The van der Waals surface area contributed by atoms with Crippen LogP contribution in [0.15, 0.2) is 0 Å². The van der Waals surface area contributed by atoms with Crippen LogP contribution in [-0.2, 0) is 4.79 Å². The zero-order valence-corrected chi connectivity index (χ0v) is 5.21. The molecule has 0 fully saturated rings. The summed E-state index contributed by atoms with van der Waals surface area (Å²) in [5.74, 6) is 0. The van der Waals surface area contributed by atoms with Crippen molar-refractivity contribution in [3.05, 3.63) is 0 Å². The minimum Gasteiger partial charge on any atom is -0.394 e. The first-order valence-electron chi connectivity index (χ1n) is 2.73. The highest BCUT2D eigenvalue weighted by Gasteiger charge is 2.22. The maximum absolute atomic E-state index is 9.76. The summed E-state index contributed by atoms with van der Waals surface area (Å²) in [7, 11) is 0. The standard InChI is InChI=1S/C5H10O5/c6-1-3(8)5(10)4(9)2-7/h1,3-5,7-10H,2H2/t3-,4+,5-/m0/s1/i2+1. The van der Waals surface area contributed by atoms with Gasteiger partial charge in [0.05, 0.1) is 6.61 Å². The molecule has 0 aliphatic carbocycles. The minimum atomic E-state index is -1.64. The van der Waals surface area contributed by atoms with Gasteiger partial charge in [-0.1, -0.05) is 0 Å². The zero-order valence-electron chi connectivity index (χ0n) is 5.21. The van der Waals surface area contributed by atoms with Gasteiger partial charge in [-0.3, -0.25) is 0 Å². The molecule has 5 heteroatoms. The van der Waals surface area contributed by atoms with Gasteiger partial charge in [0, 0.05) is 0 Å². The fourth-order valence-electron chi connectivity index (χ4n) is 0.416. The first-order valence-corrected chi connectivity index (χ1v) is 2.73. The lowest BCUT2D eigenvalue weighted by Gasteiger charge is -2.16. The third kappa shape index (κ3) is 2.40. The van der Waals surface area contributed by atoms with Crippen LogP contribution in [0.4, 0.5) is 0 Å². The van der Waals surface area contributed by atoms with Gasteiger partial charge in [0.15, 0.2) is 6.29 Å². The number of aldehydes is 1. The average molecular weight is 151 g/mol. The third-order valence-corrected chi connectivity index (χ3v) is 1.07. The highest BCUT2D eigenvalue weighted by atomic mass is 16.4. The lowest BCUT2D eigenvalue weighted by atomic mass is 10.2. The van der Waals surface area contributed by atoms with E-state index in [1.54, 1.807) is 0 Å². The van der Waals surface area contributed by atoms with Crippen LogP contribution in [0.2, 0.25) is 0 Å². The molecule has 0 spiro atoms. The predicted molar refractivity (Wildman–Crippen MR) is 31.2 cm³/mol. The van der Waals surface area contributed by atoms with E-state index in [1.807, 2.05) is 0 Å². The minimum absolute atomic E-state index is 0.0869. The van der Waals surface area contributed by atoms with E-state index in [1.165, 1.54) is 0 Å². The molecule has 0 saturated heterocycles. The van der Waals surface area contributed by atoms with Crippen molar-refractivity contribution in [1.82, 2.24) is 0 Å². The molecule has 0 bridgehead atoms. The Balaban J connectivity index is 3.80. The van der Waals surface area contributed by atoms with E-state index in [0.717, 1.165) is 0 Å². The summed E-state index contributed by atoms with van der Waals surface area (Å²) in [6, 6.07) is 0. The molecule has 4 N–H and O–H groups in total. The third-order valence-electron chi connectivity index (χ3n) is 1.07. The van der Waals surface area contributed by atoms with E-state index in [0.29, 0.717) is 0 Å². The van der Waals surface area contributed by atoms with Crippen molar-refractivity contribution in [2.75, 3.05) is 6.61 Å². The molecule has 0 aromatic carbocycles. The summed E-state index contributed by atoms with van der Waals surface area (Å²) >= 11 is 0. The number of hydrogen-bond donors (Lipinski definition) is 4. The Labute approximate surface area is 57.5 Å². The van der Waals surface area contributed by atoms with E-state index in [2.05, 4.69) is 0 Å². The van der Waals surface area contributed by atoms with Crippen molar-refractivity contribution < 1.29 is 25.2 Å². The maximum Gasteiger partial charge on any atom is 0.151 e. The average Bonchev–Trinajstić information content (AvgIpc) is 2.00. The van der Waals surface area contributed by atoms with Crippen molar-refractivity contribution >= 4 is 6.29 Å². The summed E-state index contributed by atoms with van der Waals surface area (Å²) in [6.07, 6.45) is -4.63. The Bertz CT molecular complexity index is 104. The summed E-state index contributed by atoms with van der Waals surface area (Å²) < 4.78 is 0. The van der Waals surface area contributed by atoms with Crippen LogP contribution in [0.25, 0.3) is 0 Å². The Morgan fingerprint density at radius 2 is 1.80 bits per heavy atom. The second-order valence-corrected chi connectivity index (χ2v) is 1.87. The van der Waals surface area contributed by atoms with Gasteiger partial charge < -0.3 is 25.2 Å². The smallest absolute Gasteiger partial charge is 0.151 e. The summed E-state index contributed by atoms with van der Waals surface area (Å²) in [5.41, 5.74) is 0. The largest absolute Gasteiger partial charge is 0.394 e. The van der Waals surface area contributed by atoms with Crippen LogP contribution in [-0.4, -0.2) is 51.6 Å². The second-order valence-electron chi connectivity index (χ2n) is 1.87. The van der Waals surface area contributed by atoms with Crippen molar-refractivity contribution in [2.24, 2.45) is 0 Å². The lowest BCUT2D eigenvalue weighted by Crippen LogP contribution is -2.40. The molecule has 0 saturated carbocycles. The van der Waals surface area contributed by atoms with Crippen molar-refractivity contribution in [2.45, 2.75) is 18.3 Å². The van der Waals surface area contributed by atoms with E-state index >= 15 is 0 Å². The van der Waals surface area contributed by atoms with Crippen LogP contribution in [0, 0.1) is 0 Å². The second kappa shape index (κ2) is 4.35. The Morgan fingerprint density at radius 1 is 1.30 bits per heavy atom. The molecule has 60 valence electrons. The number of rotatable bonds is 4. The summed E-state index contributed by atoms with van der Waals surface area (Å²) in [4.78, 5) is 9.76. The molecule has 3 atom stereocenters. The molecule has 0 aliphatic rings. The van der Waals surface area contributed by atoms with Crippen LogP contribution in [0.5, 0.6) is 0 Å². The topological polar surface area (TPSA) is 98.0 Å². The van der Waals surface area contributed by atoms with E-state index in [-0.39, 0.29) is 6.29 Å². The monoisotopic (exact) mass is 151 g/mol. The van der Waals surface area contributed by atoms with E-state index < -0.39 is 24.9 Å². The van der Waals surface area contributed by atoms with Crippen molar-refractivity contribution in [3.63, 3.8) is 0 Å². The van der Waals surface area contributed by atoms with Gasteiger partial charge >= 0.3 is 0 Å². The molecule has 0 heterocycles. The first kappa shape index (κ1) is 9.51. The zero-order chi connectivity index (χ0) is 8.15. The molecular weight excluding hydrogens is 141 g/mol. The SMILES string of the molecule is O=C[C@H](O)[C@H](O)[C@H](O)[13CH2]O. The normalized spacial score (nSPS) is 19.6. The molecule has 0 radical (unpaired) electrons. The van der Waals surface area contributed by atoms with E-state index in [4.69, 9.17) is 20.4 Å². The summed E-state index contributed by atoms with van der Waals surface area (Å²) in [6.45, 7) is -0.688. The maximum atomic E-state index is 9.76. The number of carbonyl (C=O) groups excluding carboxylic acids is 1. The van der Waals surface area contributed by atoms with Crippen LogP contribution in [0.3, 0.4) is 0 Å². The highest BCUT2D eigenvalue weighted by Crippen LogP contribution is 1.96. The van der Waals surface area contributed by atoms with Crippen LogP contribution in [0.1, 0.15) is 0 Å². The number of hydrogen-bond acceptors (Lipinski definition) is 5. The molecule has 0 amide bonds. The molecule has 0 aromatic heterocycles. The van der Waals surface area contributed by atoms with Gasteiger partial charge in [-0.2, -0.15) is 0 Å². The molecule has 0 rings (SSSR count). The highest BCUT2D eigenvalue weighted by molar-refractivity contribution is 5.56. The van der Waals surface area contributed by atoms with Gasteiger partial charge in [0.25, 0.3) is 0 Å². The Hall–Kier alpha value is -0.490. The van der Waals surface area contributed by atoms with Crippen molar-refractivity contribution in [1.29, 1.82) is 0 Å². The van der Waals surface area contributed by atoms with Gasteiger partial charge in [-0.25, -0.2) is 0 Å². The van der Waals surface area contributed by atoms with Gasteiger partial charge in [-0.05, 0) is 0 Å². The number of carbonyl (C=O) groups is 1. The van der Waals surface area contributed by atoms with Crippen molar-refractivity contribution in [3.8, 4) is 0 Å². The Kier molecular flexibility index (Phi) is 4.13. The van der Waals surface area contributed by atoms with E-state index in [9.17, 15) is 4.79 Å². The number of aliphatic hydroxyl groups is 4. The summed E-state index contributed by atoms with van der Waals surface area (Å²) in [5, 5.41) is 34.1. The Morgan fingerprint density at radius 3 is 2.10 bits per heavy atom. The lowest BCUT2D eigenvalue weighted by molar-refractivity contribution is -0.127. The molecule has 5 nitrogen and oxygen atoms in total. The molecular formula is C5H10O5. The van der Waals surface area contributed by atoms with Crippen LogP contribution >= 0.6 is 0 Å². The van der Waals surface area contributed by atoms with Crippen LogP contribution < -0.4 is 0 Å². The number of aliphatic hydroxyl groups excluding tert-OH is 4. The molecule has 0 aliphatic heterocycles. The first-order chi connectivity index (χ1) is 4.63.